The Balaban J connectivity index is 1.15. The molecule has 0 fully saturated rings. The molecular formula is C51H32N2. The lowest BCUT2D eigenvalue weighted by Gasteiger charge is -2.34. The molecule has 1 heterocycles. The molecule has 0 unspecified atom stereocenters. The fourth-order valence-corrected chi connectivity index (χ4v) is 8.52. The molecule has 0 saturated heterocycles. The van der Waals surface area contributed by atoms with Gasteiger partial charge in [-0.2, -0.15) is 5.26 Å². The number of nitriles is 1. The van der Waals surface area contributed by atoms with Gasteiger partial charge in [-0.25, -0.2) is 4.98 Å². The topological polar surface area (TPSA) is 36.7 Å². The Hall–Kier alpha value is -7.08. The van der Waals surface area contributed by atoms with Gasteiger partial charge in [-0.3, -0.25) is 0 Å². The van der Waals surface area contributed by atoms with Crippen LogP contribution in [0.25, 0.3) is 66.3 Å². The second-order valence-electron chi connectivity index (χ2n) is 13.8. The first-order chi connectivity index (χ1) is 26.2. The van der Waals surface area contributed by atoms with E-state index in [1.165, 1.54) is 38.8 Å². The van der Waals surface area contributed by atoms with Gasteiger partial charge in [-0.1, -0.05) is 164 Å². The van der Waals surface area contributed by atoms with Crippen molar-refractivity contribution in [2.24, 2.45) is 0 Å². The summed E-state index contributed by atoms with van der Waals surface area (Å²) in [4.78, 5) is 5.35. The lowest BCUT2D eigenvalue weighted by atomic mass is 9.67. The van der Waals surface area contributed by atoms with Crippen molar-refractivity contribution in [2.75, 3.05) is 0 Å². The molecule has 1 aromatic heterocycles. The van der Waals surface area contributed by atoms with Crippen LogP contribution in [0.2, 0.25) is 0 Å². The summed E-state index contributed by atoms with van der Waals surface area (Å²) in [5, 5.41) is 12.7. The van der Waals surface area contributed by atoms with Gasteiger partial charge >= 0.3 is 0 Å². The molecule has 0 N–H and O–H groups in total. The molecule has 0 radical (unpaired) electrons. The average molecular weight is 673 g/mol. The first kappa shape index (κ1) is 30.7. The van der Waals surface area contributed by atoms with E-state index in [1.54, 1.807) is 0 Å². The zero-order valence-corrected chi connectivity index (χ0v) is 28.9. The van der Waals surface area contributed by atoms with Crippen LogP contribution in [0, 0.1) is 11.3 Å². The number of aromatic nitrogens is 1. The van der Waals surface area contributed by atoms with Crippen LogP contribution in [-0.4, -0.2) is 4.98 Å². The van der Waals surface area contributed by atoms with Gasteiger partial charge in [-0.05, 0) is 91.4 Å². The smallest absolute Gasteiger partial charge is 0.0991 e. The monoisotopic (exact) mass is 672 g/mol. The summed E-state index contributed by atoms with van der Waals surface area (Å²) in [7, 11) is 0. The minimum absolute atomic E-state index is 0.468. The van der Waals surface area contributed by atoms with Gasteiger partial charge in [-0.15, -0.1) is 0 Å². The maximum Gasteiger partial charge on any atom is 0.0991 e. The van der Waals surface area contributed by atoms with Crippen molar-refractivity contribution in [1.29, 1.82) is 5.26 Å². The Bertz CT molecular complexity index is 2810. The molecular weight excluding hydrogens is 641 g/mol. The zero-order valence-electron chi connectivity index (χ0n) is 28.9. The Morgan fingerprint density at radius 1 is 0.396 bits per heavy atom. The molecule has 10 rings (SSSR count). The van der Waals surface area contributed by atoms with Crippen molar-refractivity contribution in [3.05, 3.63) is 222 Å². The fraction of sp³-hybridized carbons (Fsp3) is 0.0196. The van der Waals surface area contributed by atoms with E-state index in [-0.39, 0.29) is 0 Å². The number of hydrogen-bond acceptors (Lipinski definition) is 2. The molecule has 0 amide bonds. The average Bonchev–Trinajstić information content (AvgIpc) is 3.53. The number of rotatable bonds is 5. The molecule has 9 aromatic rings. The largest absolute Gasteiger partial charge is 0.247 e. The van der Waals surface area contributed by atoms with Crippen LogP contribution in [0.3, 0.4) is 0 Å². The molecule has 8 aromatic carbocycles. The van der Waals surface area contributed by atoms with Crippen molar-refractivity contribution in [2.45, 2.75) is 5.41 Å². The summed E-state index contributed by atoms with van der Waals surface area (Å²) in [5.41, 5.74) is 15.4. The normalized spacial score (nSPS) is 12.7. The van der Waals surface area contributed by atoms with Gasteiger partial charge in [0.2, 0.25) is 0 Å². The van der Waals surface area contributed by atoms with Gasteiger partial charge < -0.3 is 0 Å². The fourth-order valence-electron chi connectivity index (χ4n) is 8.52. The van der Waals surface area contributed by atoms with Crippen molar-refractivity contribution >= 4 is 21.7 Å². The van der Waals surface area contributed by atoms with Crippen LogP contribution in [0.15, 0.2) is 194 Å². The molecule has 0 atom stereocenters. The van der Waals surface area contributed by atoms with Gasteiger partial charge in [0, 0.05) is 16.3 Å². The standard InChI is InChI=1S/C51H32N2/c52-33-34-19-21-35(22-20-34)36-23-25-37(26-24-36)38-27-29-39(30-28-38)50-46-31-45-42-15-7-9-17-47(42)51(40-11-3-1-4-12-40,41-13-5-2-6-14-41)48(45)32-44(46)43-16-8-10-18-49(43)53-50/h1-32H. The molecule has 0 spiro atoms. The summed E-state index contributed by atoms with van der Waals surface area (Å²) in [6.45, 7) is 0. The number of nitrogens with zero attached hydrogens (tertiary/aromatic N) is 2. The predicted octanol–water partition coefficient (Wildman–Crippen LogP) is 12.6. The lowest BCUT2D eigenvalue weighted by Crippen LogP contribution is -2.28. The van der Waals surface area contributed by atoms with E-state index in [9.17, 15) is 0 Å². The molecule has 1 aliphatic carbocycles. The number of benzene rings is 8. The minimum atomic E-state index is -0.468. The zero-order chi connectivity index (χ0) is 35.4. The van der Waals surface area contributed by atoms with Crippen LogP contribution < -0.4 is 0 Å². The van der Waals surface area contributed by atoms with E-state index in [4.69, 9.17) is 10.2 Å². The molecule has 0 aliphatic heterocycles. The highest BCUT2D eigenvalue weighted by Crippen LogP contribution is 2.57. The summed E-state index contributed by atoms with van der Waals surface area (Å²) < 4.78 is 0. The summed E-state index contributed by atoms with van der Waals surface area (Å²) in [6, 6.07) is 71.7. The Labute approximate surface area is 308 Å². The van der Waals surface area contributed by atoms with Crippen LogP contribution in [0.4, 0.5) is 0 Å². The second kappa shape index (κ2) is 12.3. The van der Waals surface area contributed by atoms with E-state index >= 15 is 0 Å². The van der Waals surface area contributed by atoms with E-state index in [2.05, 4.69) is 176 Å². The van der Waals surface area contributed by atoms with E-state index in [0.29, 0.717) is 5.56 Å². The van der Waals surface area contributed by atoms with Crippen molar-refractivity contribution < 1.29 is 0 Å². The Kier molecular flexibility index (Phi) is 7.13. The van der Waals surface area contributed by atoms with Gasteiger partial charge in [0.15, 0.2) is 0 Å². The predicted molar refractivity (Wildman–Crippen MR) is 218 cm³/mol. The van der Waals surface area contributed by atoms with Crippen molar-refractivity contribution in [3.63, 3.8) is 0 Å². The first-order valence-corrected chi connectivity index (χ1v) is 18.0. The molecule has 0 bridgehead atoms. The lowest BCUT2D eigenvalue weighted by molar-refractivity contribution is 0.769. The Morgan fingerprint density at radius 2 is 0.906 bits per heavy atom. The number of pyridine rings is 1. The maximum absolute atomic E-state index is 9.17. The summed E-state index contributed by atoms with van der Waals surface area (Å²) >= 11 is 0. The highest BCUT2D eigenvalue weighted by molar-refractivity contribution is 6.13. The number of hydrogen-bond donors (Lipinski definition) is 0. The van der Waals surface area contributed by atoms with E-state index < -0.39 is 5.41 Å². The molecule has 53 heavy (non-hydrogen) atoms. The molecule has 246 valence electrons. The Morgan fingerprint density at radius 3 is 1.51 bits per heavy atom. The van der Waals surface area contributed by atoms with Gasteiger partial charge in [0.25, 0.3) is 0 Å². The summed E-state index contributed by atoms with van der Waals surface area (Å²) in [6.07, 6.45) is 0. The quantitative estimate of drug-likeness (QED) is 0.171. The third kappa shape index (κ3) is 4.83. The first-order valence-electron chi connectivity index (χ1n) is 18.0. The maximum atomic E-state index is 9.17. The summed E-state index contributed by atoms with van der Waals surface area (Å²) in [5.74, 6) is 0. The van der Waals surface area contributed by atoms with Crippen LogP contribution in [-0.2, 0) is 5.41 Å². The third-order valence-corrected chi connectivity index (χ3v) is 11.0. The van der Waals surface area contributed by atoms with Crippen LogP contribution >= 0.6 is 0 Å². The molecule has 1 aliphatic rings. The highest BCUT2D eigenvalue weighted by atomic mass is 14.7. The second-order valence-corrected chi connectivity index (χ2v) is 13.8. The number of fused-ring (bicyclic) bond motifs is 6. The van der Waals surface area contributed by atoms with Gasteiger partial charge in [0.05, 0.1) is 28.3 Å². The van der Waals surface area contributed by atoms with Crippen molar-refractivity contribution in [1.82, 2.24) is 4.98 Å². The van der Waals surface area contributed by atoms with Gasteiger partial charge in [0.1, 0.15) is 0 Å². The molecule has 2 heteroatoms. The highest BCUT2D eigenvalue weighted by Gasteiger charge is 2.46. The van der Waals surface area contributed by atoms with E-state index in [0.717, 1.165) is 49.8 Å². The SMILES string of the molecule is N#Cc1ccc(-c2ccc(-c3ccc(-c4nc5ccccc5c5cc6c(cc45)-c4ccccc4C6(c4ccccc4)c4ccccc4)cc3)cc2)cc1. The van der Waals surface area contributed by atoms with Crippen LogP contribution in [0.1, 0.15) is 27.8 Å². The molecule has 0 saturated carbocycles. The minimum Gasteiger partial charge on any atom is -0.247 e. The van der Waals surface area contributed by atoms with Crippen molar-refractivity contribution in [3.8, 4) is 50.7 Å². The number of para-hydroxylation sites is 1. The van der Waals surface area contributed by atoms with E-state index in [1.807, 2.05) is 24.3 Å². The van der Waals surface area contributed by atoms with Crippen LogP contribution in [0.5, 0.6) is 0 Å². The third-order valence-electron chi connectivity index (χ3n) is 11.0. The molecule has 2 nitrogen and oxygen atoms in total.